The van der Waals surface area contributed by atoms with Crippen molar-refractivity contribution in [2.45, 2.75) is 49.0 Å². The van der Waals surface area contributed by atoms with Crippen LogP contribution in [0.3, 0.4) is 0 Å². The molecule has 0 aliphatic heterocycles. The number of nitrogens with one attached hydrogen (secondary N) is 1. The van der Waals surface area contributed by atoms with Crippen molar-refractivity contribution in [3.63, 3.8) is 0 Å². The fraction of sp³-hybridized carbons (Fsp3) is 0.909. The number of sulfonamides is 1. The van der Waals surface area contributed by atoms with E-state index in [2.05, 4.69) is 4.72 Å². The van der Waals surface area contributed by atoms with E-state index >= 15 is 0 Å². The van der Waals surface area contributed by atoms with E-state index in [1.54, 1.807) is 18.7 Å². The molecule has 0 radical (unpaired) electrons. The van der Waals surface area contributed by atoms with Crippen LogP contribution in [0.5, 0.6) is 0 Å². The van der Waals surface area contributed by atoms with Gasteiger partial charge in [-0.3, -0.25) is 0 Å². The summed E-state index contributed by atoms with van der Waals surface area (Å²) < 4.78 is 27.0. The van der Waals surface area contributed by atoms with Crippen LogP contribution in [-0.4, -0.2) is 36.2 Å². The number of thiocarbonyl (C=S) groups is 1. The van der Waals surface area contributed by atoms with Gasteiger partial charge in [-0.15, -0.1) is 0 Å². The molecule has 1 rings (SSSR count). The summed E-state index contributed by atoms with van der Waals surface area (Å²) in [5.74, 6) is 0. The van der Waals surface area contributed by atoms with E-state index < -0.39 is 15.3 Å². The first kappa shape index (κ1) is 16.2. The maximum atomic E-state index is 12.1. The predicted octanol–water partition coefficient (Wildman–Crippen LogP) is 1.65. The molecular weight excluding hydrogens is 288 g/mol. The van der Waals surface area contributed by atoms with Crippen molar-refractivity contribution >= 4 is 39.0 Å². The average Bonchev–Trinajstić information content (AvgIpc) is 2.76. The highest BCUT2D eigenvalue weighted by Crippen LogP contribution is 2.39. The second-order valence-electron chi connectivity index (χ2n) is 4.76. The van der Waals surface area contributed by atoms with Crippen LogP contribution >= 0.6 is 24.0 Å². The maximum absolute atomic E-state index is 12.1. The Labute approximate surface area is 120 Å². The maximum Gasteiger partial charge on any atom is 0.221 e. The smallest absolute Gasteiger partial charge is 0.221 e. The van der Waals surface area contributed by atoms with Crippen LogP contribution < -0.4 is 10.5 Å². The van der Waals surface area contributed by atoms with Crippen molar-refractivity contribution in [3.05, 3.63) is 0 Å². The molecular formula is C11H22N2O2S3. The van der Waals surface area contributed by atoms with Crippen molar-refractivity contribution in [3.8, 4) is 0 Å². The zero-order chi connectivity index (χ0) is 13.8. The summed E-state index contributed by atoms with van der Waals surface area (Å²) in [6.45, 7) is 2.26. The molecule has 0 spiro atoms. The molecule has 0 aromatic carbocycles. The second-order valence-corrected chi connectivity index (χ2v) is 8.45. The average molecular weight is 311 g/mol. The third-order valence-electron chi connectivity index (χ3n) is 3.61. The molecule has 3 N–H and O–H groups in total. The van der Waals surface area contributed by atoms with Gasteiger partial charge in [-0.1, -0.05) is 32.0 Å². The fourth-order valence-corrected chi connectivity index (χ4v) is 5.35. The Morgan fingerprint density at radius 3 is 2.44 bits per heavy atom. The number of rotatable bonds is 7. The van der Waals surface area contributed by atoms with Crippen LogP contribution in [0.25, 0.3) is 0 Å². The van der Waals surface area contributed by atoms with E-state index in [1.807, 2.05) is 6.26 Å². The second kappa shape index (κ2) is 6.54. The SMILES string of the molecule is CCC(C(N)=S)S(=O)(=O)NCC1(SC)CCCC1. The monoisotopic (exact) mass is 310 g/mol. The summed E-state index contributed by atoms with van der Waals surface area (Å²) in [5.41, 5.74) is 5.49. The molecule has 0 heterocycles. The summed E-state index contributed by atoms with van der Waals surface area (Å²) in [7, 11) is -3.44. The molecule has 1 aliphatic carbocycles. The van der Waals surface area contributed by atoms with Gasteiger partial charge in [0.05, 0.1) is 4.99 Å². The highest BCUT2D eigenvalue weighted by molar-refractivity contribution is 8.00. The summed E-state index contributed by atoms with van der Waals surface area (Å²) in [6, 6.07) is 0. The lowest BCUT2D eigenvalue weighted by Gasteiger charge is -2.28. The first-order valence-corrected chi connectivity index (χ1v) is 9.38. The third-order valence-corrected chi connectivity index (χ3v) is 7.34. The molecule has 0 amide bonds. The number of thioether (sulfide) groups is 1. The summed E-state index contributed by atoms with van der Waals surface area (Å²) >= 11 is 6.58. The number of nitrogens with two attached hydrogens (primary N) is 1. The summed E-state index contributed by atoms with van der Waals surface area (Å²) in [6.07, 6.45) is 6.95. The van der Waals surface area contributed by atoms with Gasteiger partial charge < -0.3 is 5.73 Å². The number of hydrogen-bond acceptors (Lipinski definition) is 4. The highest BCUT2D eigenvalue weighted by atomic mass is 32.2. The molecule has 106 valence electrons. The van der Waals surface area contributed by atoms with E-state index in [-0.39, 0.29) is 9.74 Å². The molecule has 0 aromatic rings. The quantitative estimate of drug-likeness (QED) is 0.700. The van der Waals surface area contributed by atoms with Crippen LogP contribution in [-0.2, 0) is 10.0 Å². The van der Waals surface area contributed by atoms with Crippen LogP contribution in [0.2, 0.25) is 0 Å². The molecule has 0 bridgehead atoms. The molecule has 4 nitrogen and oxygen atoms in total. The van der Waals surface area contributed by atoms with Crippen LogP contribution in [0.1, 0.15) is 39.0 Å². The Bertz CT molecular complexity index is 389. The summed E-state index contributed by atoms with van der Waals surface area (Å²) in [5, 5.41) is -0.757. The molecule has 1 fully saturated rings. The van der Waals surface area contributed by atoms with Gasteiger partial charge in [0.25, 0.3) is 0 Å². The topological polar surface area (TPSA) is 72.2 Å². The molecule has 1 aliphatic rings. The van der Waals surface area contributed by atoms with Crippen LogP contribution in [0.4, 0.5) is 0 Å². The van der Waals surface area contributed by atoms with Gasteiger partial charge in [0, 0.05) is 11.3 Å². The van der Waals surface area contributed by atoms with Gasteiger partial charge in [-0.05, 0) is 25.5 Å². The number of hydrogen-bond donors (Lipinski definition) is 2. The van der Waals surface area contributed by atoms with E-state index in [0.717, 1.165) is 12.8 Å². The molecule has 0 saturated heterocycles. The summed E-state index contributed by atoms with van der Waals surface area (Å²) in [4.78, 5) is 0.0506. The normalized spacial score (nSPS) is 20.8. The zero-order valence-corrected chi connectivity index (χ0v) is 13.4. The first-order valence-electron chi connectivity index (χ1n) is 6.20. The standard InChI is InChI=1S/C11H22N2O2S3/c1-3-9(10(12)16)18(14,15)13-8-11(17-2)6-4-5-7-11/h9,13H,3-8H2,1-2H3,(H2,12,16). The largest absolute Gasteiger partial charge is 0.392 e. The lowest BCUT2D eigenvalue weighted by Crippen LogP contribution is -2.46. The Morgan fingerprint density at radius 1 is 1.50 bits per heavy atom. The lowest BCUT2D eigenvalue weighted by atomic mass is 10.1. The van der Waals surface area contributed by atoms with Crippen LogP contribution in [0.15, 0.2) is 0 Å². The van der Waals surface area contributed by atoms with Gasteiger partial charge in [0.15, 0.2) is 0 Å². The van der Waals surface area contributed by atoms with Crippen molar-refractivity contribution in [1.29, 1.82) is 0 Å². The molecule has 1 saturated carbocycles. The van der Waals surface area contributed by atoms with Crippen LogP contribution in [0, 0.1) is 0 Å². The lowest BCUT2D eigenvalue weighted by molar-refractivity contribution is 0.546. The van der Waals surface area contributed by atoms with Crippen molar-refractivity contribution in [2.24, 2.45) is 5.73 Å². The first-order chi connectivity index (χ1) is 8.37. The fourth-order valence-electron chi connectivity index (χ4n) is 2.38. The van der Waals surface area contributed by atoms with Gasteiger partial charge in [0.1, 0.15) is 5.25 Å². The minimum absolute atomic E-state index is 0.0506. The van der Waals surface area contributed by atoms with Crippen molar-refractivity contribution < 1.29 is 8.42 Å². The molecule has 0 aromatic heterocycles. The van der Waals surface area contributed by atoms with Gasteiger partial charge in [-0.2, -0.15) is 11.8 Å². The van der Waals surface area contributed by atoms with E-state index in [1.165, 1.54) is 12.8 Å². The molecule has 1 atom stereocenters. The minimum Gasteiger partial charge on any atom is -0.392 e. The third kappa shape index (κ3) is 3.82. The van der Waals surface area contributed by atoms with E-state index in [4.69, 9.17) is 18.0 Å². The van der Waals surface area contributed by atoms with Gasteiger partial charge >= 0.3 is 0 Å². The Morgan fingerprint density at radius 2 is 2.06 bits per heavy atom. The Kier molecular flexibility index (Phi) is 5.89. The predicted molar refractivity (Wildman–Crippen MR) is 82.5 cm³/mol. The highest BCUT2D eigenvalue weighted by Gasteiger charge is 2.35. The van der Waals surface area contributed by atoms with E-state index in [9.17, 15) is 8.42 Å². The van der Waals surface area contributed by atoms with Gasteiger partial charge in [0.2, 0.25) is 10.0 Å². The Hall–Kier alpha value is 0.150. The Balaban J connectivity index is 2.69. The zero-order valence-electron chi connectivity index (χ0n) is 10.9. The molecule has 18 heavy (non-hydrogen) atoms. The van der Waals surface area contributed by atoms with Crippen molar-refractivity contribution in [2.75, 3.05) is 12.8 Å². The van der Waals surface area contributed by atoms with Gasteiger partial charge in [-0.25, -0.2) is 13.1 Å². The molecule has 7 heteroatoms. The minimum atomic E-state index is -3.44. The van der Waals surface area contributed by atoms with Crippen molar-refractivity contribution in [1.82, 2.24) is 4.72 Å². The molecule has 1 unspecified atom stereocenters. The van der Waals surface area contributed by atoms with E-state index in [0.29, 0.717) is 13.0 Å².